The van der Waals surface area contributed by atoms with Crippen LogP contribution in [0.1, 0.15) is 16.8 Å². The predicted octanol–water partition coefficient (Wildman–Crippen LogP) is 0.732. The maximum atomic E-state index is 12.0. The minimum atomic E-state index is -0.137. The van der Waals surface area contributed by atoms with Crippen LogP contribution in [-0.4, -0.2) is 36.6 Å². The number of ketones is 1. The van der Waals surface area contributed by atoms with Crippen LogP contribution in [0.2, 0.25) is 0 Å². The smallest absolute Gasteiger partial charge is 0.156 e. The summed E-state index contributed by atoms with van der Waals surface area (Å²) >= 11 is 0. The van der Waals surface area contributed by atoms with Crippen LogP contribution >= 0.6 is 0 Å². The van der Waals surface area contributed by atoms with E-state index in [0.717, 1.165) is 23.4 Å². The molecule has 0 spiro atoms. The van der Waals surface area contributed by atoms with Crippen LogP contribution in [-0.2, 0) is 16.0 Å². The Morgan fingerprint density at radius 2 is 2.38 bits per heavy atom. The Kier molecular flexibility index (Phi) is 3.41. The van der Waals surface area contributed by atoms with E-state index < -0.39 is 0 Å². The molecule has 1 saturated heterocycles. The number of H-pyrrole nitrogens is 1. The number of ether oxygens (including phenoxy) is 1. The molecule has 1 aromatic heterocycles. The molecule has 1 unspecified atom stereocenters. The van der Waals surface area contributed by atoms with Gasteiger partial charge >= 0.3 is 0 Å². The third kappa shape index (κ3) is 2.33. The summed E-state index contributed by atoms with van der Waals surface area (Å²) in [6, 6.07) is -0.137. The van der Waals surface area contributed by atoms with Crippen LogP contribution < -0.4 is 5.32 Å². The molecule has 2 heterocycles. The van der Waals surface area contributed by atoms with Crippen molar-refractivity contribution in [3.05, 3.63) is 23.0 Å². The lowest BCUT2D eigenvalue weighted by atomic mass is 10.0. The molecule has 1 aliphatic heterocycles. The highest BCUT2D eigenvalue weighted by Gasteiger charge is 2.22. The zero-order valence-electron chi connectivity index (χ0n) is 9.80. The first-order chi connectivity index (χ1) is 7.68. The number of Topliss-reactive ketones (excluding diaryl/α,β-unsaturated/α-hetero) is 1. The fourth-order valence-corrected chi connectivity index (χ4v) is 2.03. The maximum Gasteiger partial charge on any atom is 0.156 e. The molecule has 1 fully saturated rings. The van der Waals surface area contributed by atoms with Crippen molar-refractivity contribution in [3.63, 3.8) is 0 Å². The highest BCUT2D eigenvalue weighted by atomic mass is 16.5. The Hall–Kier alpha value is -1.13. The van der Waals surface area contributed by atoms with E-state index in [0.29, 0.717) is 19.6 Å². The van der Waals surface area contributed by atoms with Crippen molar-refractivity contribution < 1.29 is 9.53 Å². The van der Waals surface area contributed by atoms with Crippen molar-refractivity contribution in [1.82, 2.24) is 10.3 Å². The van der Waals surface area contributed by atoms with Gasteiger partial charge in [0.25, 0.3) is 0 Å². The summed E-state index contributed by atoms with van der Waals surface area (Å²) in [5.41, 5.74) is 3.36. The molecular weight excluding hydrogens is 204 g/mol. The van der Waals surface area contributed by atoms with E-state index in [9.17, 15) is 4.79 Å². The second-order valence-electron chi connectivity index (χ2n) is 4.30. The van der Waals surface area contributed by atoms with Gasteiger partial charge in [0.15, 0.2) is 5.78 Å². The highest BCUT2D eigenvalue weighted by Crippen LogP contribution is 2.14. The molecule has 0 aliphatic carbocycles. The zero-order valence-corrected chi connectivity index (χ0v) is 9.80. The molecule has 1 atom stereocenters. The van der Waals surface area contributed by atoms with Crippen molar-refractivity contribution in [1.29, 1.82) is 0 Å². The average Bonchev–Trinajstić information content (AvgIpc) is 2.62. The number of rotatable bonds is 3. The van der Waals surface area contributed by atoms with Crippen LogP contribution in [0.25, 0.3) is 0 Å². The Balaban J connectivity index is 2.01. The highest BCUT2D eigenvalue weighted by molar-refractivity contribution is 5.86. The second kappa shape index (κ2) is 4.80. The molecule has 2 rings (SSSR count). The number of aromatic nitrogens is 1. The minimum absolute atomic E-state index is 0.137. The minimum Gasteiger partial charge on any atom is -0.378 e. The van der Waals surface area contributed by atoms with Gasteiger partial charge in [-0.05, 0) is 25.0 Å². The van der Waals surface area contributed by atoms with Gasteiger partial charge in [-0.15, -0.1) is 0 Å². The first-order valence-corrected chi connectivity index (χ1v) is 5.66. The van der Waals surface area contributed by atoms with E-state index in [4.69, 9.17) is 4.74 Å². The first kappa shape index (κ1) is 11.4. The molecule has 16 heavy (non-hydrogen) atoms. The SMILES string of the molecule is Cc1c[nH]c(C)c1CC(=O)C1COCCN1. The fraction of sp³-hybridized carbons (Fsp3) is 0.583. The molecule has 2 N–H and O–H groups in total. The molecule has 1 aromatic rings. The van der Waals surface area contributed by atoms with E-state index in [1.807, 2.05) is 20.0 Å². The monoisotopic (exact) mass is 222 g/mol. The van der Waals surface area contributed by atoms with Gasteiger partial charge in [0.2, 0.25) is 0 Å². The Morgan fingerprint density at radius 1 is 1.56 bits per heavy atom. The fourth-order valence-electron chi connectivity index (χ4n) is 2.03. The third-order valence-corrected chi connectivity index (χ3v) is 3.10. The van der Waals surface area contributed by atoms with Gasteiger partial charge in [0.1, 0.15) is 0 Å². The second-order valence-corrected chi connectivity index (χ2v) is 4.30. The summed E-state index contributed by atoms with van der Waals surface area (Å²) in [6.07, 6.45) is 2.44. The maximum absolute atomic E-state index is 12.0. The molecule has 88 valence electrons. The van der Waals surface area contributed by atoms with Gasteiger partial charge in [0, 0.05) is 24.9 Å². The van der Waals surface area contributed by atoms with Crippen LogP contribution in [0.4, 0.5) is 0 Å². The lowest BCUT2D eigenvalue weighted by molar-refractivity contribution is -0.123. The Labute approximate surface area is 95.4 Å². The van der Waals surface area contributed by atoms with Crippen molar-refractivity contribution in [2.45, 2.75) is 26.3 Å². The number of morpholine rings is 1. The number of nitrogens with one attached hydrogen (secondary N) is 2. The number of aryl methyl sites for hydroxylation is 2. The van der Waals surface area contributed by atoms with Crippen LogP contribution in [0.5, 0.6) is 0 Å². The molecule has 4 heteroatoms. The first-order valence-electron chi connectivity index (χ1n) is 5.66. The standard InChI is InChI=1S/C12H18N2O2/c1-8-6-14-9(2)10(8)5-12(15)11-7-16-4-3-13-11/h6,11,13-14H,3-5,7H2,1-2H3. The third-order valence-electron chi connectivity index (χ3n) is 3.10. The van der Waals surface area contributed by atoms with Gasteiger partial charge in [-0.1, -0.05) is 0 Å². The van der Waals surface area contributed by atoms with Crippen LogP contribution in [0.3, 0.4) is 0 Å². The topological polar surface area (TPSA) is 54.1 Å². The number of aromatic amines is 1. The predicted molar refractivity (Wildman–Crippen MR) is 61.6 cm³/mol. The Bertz CT molecular complexity index is 359. The van der Waals surface area contributed by atoms with Crippen molar-refractivity contribution in [2.75, 3.05) is 19.8 Å². The number of carbonyl (C=O) groups is 1. The molecule has 0 saturated carbocycles. The van der Waals surface area contributed by atoms with E-state index in [1.165, 1.54) is 0 Å². The summed E-state index contributed by atoms with van der Waals surface area (Å²) in [5.74, 6) is 0.213. The number of carbonyl (C=O) groups excluding carboxylic acids is 1. The lowest BCUT2D eigenvalue weighted by Gasteiger charge is -2.22. The number of hydrogen-bond donors (Lipinski definition) is 2. The summed E-state index contributed by atoms with van der Waals surface area (Å²) in [7, 11) is 0. The van der Waals surface area contributed by atoms with Crippen molar-refractivity contribution in [3.8, 4) is 0 Å². The number of hydrogen-bond acceptors (Lipinski definition) is 3. The summed E-state index contributed by atoms with van der Waals surface area (Å²) < 4.78 is 5.29. The molecular formula is C12H18N2O2. The Morgan fingerprint density at radius 3 is 2.94 bits per heavy atom. The normalized spacial score (nSPS) is 21.0. The van der Waals surface area contributed by atoms with Crippen LogP contribution in [0, 0.1) is 13.8 Å². The van der Waals surface area contributed by atoms with Gasteiger partial charge in [-0.2, -0.15) is 0 Å². The molecule has 1 aliphatic rings. The molecule has 4 nitrogen and oxygen atoms in total. The van der Waals surface area contributed by atoms with E-state index in [2.05, 4.69) is 10.3 Å². The van der Waals surface area contributed by atoms with Crippen molar-refractivity contribution >= 4 is 5.78 Å². The van der Waals surface area contributed by atoms with Gasteiger partial charge in [0.05, 0.1) is 19.3 Å². The lowest BCUT2D eigenvalue weighted by Crippen LogP contribution is -2.47. The van der Waals surface area contributed by atoms with Crippen LogP contribution in [0.15, 0.2) is 6.20 Å². The van der Waals surface area contributed by atoms with Crippen molar-refractivity contribution in [2.24, 2.45) is 0 Å². The van der Waals surface area contributed by atoms with Gasteiger partial charge < -0.3 is 15.0 Å². The molecule has 0 aromatic carbocycles. The van der Waals surface area contributed by atoms with E-state index in [1.54, 1.807) is 0 Å². The van der Waals surface area contributed by atoms with Gasteiger partial charge in [-0.3, -0.25) is 4.79 Å². The summed E-state index contributed by atoms with van der Waals surface area (Å²) in [6.45, 7) is 5.99. The zero-order chi connectivity index (χ0) is 11.5. The van der Waals surface area contributed by atoms with E-state index >= 15 is 0 Å². The molecule has 0 amide bonds. The largest absolute Gasteiger partial charge is 0.378 e. The summed E-state index contributed by atoms with van der Waals surface area (Å²) in [5, 5.41) is 3.19. The molecule has 0 bridgehead atoms. The van der Waals surface area contributed by atoms with E-state index in [-0.39, 0.29) is 11.8 Å². The quantitative estimate of drug-likeness (QED) is 0.792. The summed E-state index contributed by atoms with van der Waals surface area (Å²) in [4.78, 5) is 15.2. The van der Waals surface area contributed by atoms with Gasteiger partial charge in [-0.25, -0.2) is 0 Å². The molecule has 0 radical (unpaired) electrons. The average molecular weight is 222 g/mol.